The summed E-state index contributed by atoms with van der Waals surface area (Å²) < 4.78 is 1.58. The van der Waals surface area contributed by atoms with Crippen LogP contribution in [0.5, 0.6) is 0 Å². The van der Waals surface area contributed by atoms with E-state index in [4.69, 9.17) is 11.6 Å². The molecule has 1 unspecified atom stereocenters. The van der Waals surface area contributed by atoms with Crippen molar-refractivity contribution in [1.29, 1.82) is 0 Å². The first kappa shape index (κ1) is 17.9. The molecule has 1 amide bonds. The Hall–Kier alpha value is -3.44. The number of hydrogen-bond acceptors (Lipinski definition) is 3. The van der Waals surface area contributed by atoms with Gasteiger partial charge in [-0.05, 0) is 35.4 Å². The molecule has 1 N–H and O–H groups in total. The second-order valence-electron chi connectivity index (χ2n) is 6.25. The van der Waals surface area contributed by atoms with Crippen LogP contribution in [0.15, 0.2) is 91.1 Å². The molecule has 4 rings (SSSR count). The minimum absolute atomic E-state index is 0.249. The zero-order valence-corrected chi connectivity index (χ0v) is 15.6. The lowest BCUT2D eigenvalue weighted by Gasteiger charge is -2.19. The molecule has 3 aromatic carbocycles. The van der Waals surface area contributed by atoms with Crippen LogP contribution in [0.2, 0.25) is 5.02 Å². The minimum atomic E-state index is -0.326. The average molecular weight is 389 g/mol. The second-order valence-corrected chi connectivity index (χ2v) is 6.69. The summed E-state index contributed by atoms with van der Waals surface area (Å²) in [6.07, 6.45) is 1.62. The van der Waals surface area contributed by atoms with Crippen molar-refractivity contribution in [1.82, 2.24) is 20.3 Å². The summed E-state index contributed by atoms with van der Waals surface area (Å²) in [5.74, 6) is -0.300. The van der Waals surface area contributed by atoms with E-state index in [9.17, 15) is 4.79 Å². The number of aromatic nitrogens is 3. The van der Waals surface area contributed by atoms with Gasteiger partial charge in [0.05, 0.1) is 17.9 Å². The first-order valence-corrected chi connectivity index (χ1v) is 9.17. The highest BCUT2D eigenvalue weighted by Gasteiger charge is 2.20. The number of rotatable bonds is 5. The number of carbonyl (C=O) groups is 1. The van der Waals surface area contributed by atoms with Crippen LogP contribution in [0.1, 0.15) is 27.7 Å². The molecule has 1 aromatic heterocycles. The van der Waals surface area contributed by atoms with E-state index in [1.165, 1.54) is 0 Å². The SMILES string of the molecule is O=C(NC(c1ccccc1)c1ccc(Cl)cc1)c1cn(-c2ccccc2)nn1. The van der Waals surface area contributed by atoms with E-state index in [0.29, 0.717) is 5.02 Å². The largest absolute Gasteiger partial charge is 0.340 e. The van der Waals surface area contributed by atoms with Crippen LogP contribution in [0.25, 0.3) is 5.69 Å². The van der Waals surface area contributed by atoms with E-state index in [2.05, 4.69) is 15.6 Å². The Morgan fingerprint density at radius 1 is 0.857 bits per heavy atom. The van der Waals surface area contributed by atoms with Gasteiger partial charge in [-0.3, -0.25) is 4.79 Å². The molecular formula is C22H17ClN4O. The molecule has 0 spiro atoms. The van der Waals surface area contributed by atoms with Crippen LogP contribution in [0, 0.1) is 0 Å². The summed E-state index contributed by atoms with van der Waals surface area (Å²) >= 11 is 6.02. The third-order valence-corrected chi connectivity index (χ3v) is 4.61. The number of hydrogen-bond donors (Lipinski definition) is 1. The van der Waals surface area contributed by atoms with Gasteiger partial charge in [0.25, 0.3) is 5.91 Å². The molecule has 138 valence electrons. The zero-order valence-electron chi connectivity index (χ0n) is 14.9. The zero-order chi connectivity index (χ0) is 19.3. The van der Waals surface area contributed by atoms with Gasteiger partial charge in [-0.2, -0.15) is 0 Å². The Morgan fingerprint density at radius 3 is 2.14 bits per heavy atom. The quantitative estimate of drug-likeness (QED) is 0.549. The van der Waals surface area contributed by atoms with Crippen LogP contribution in [0.4, 0.5) is 0 Å². The number of nitrogens with zero attached hydrogens (tertiary/aromatic N) is 3. The van der Waals surface area contributed by atoms with Crippen molar-refractivity contribution in [3.8, 4) is 5.69 Å². The fourth-order valence-corrected chi connectivity index (χ4v) is 3.07. The van der Waals surface area contributed by atoms with Crippen LogP contribution < -0.4 is 5.32 Å². The van der Waals surface area contributed by atoms with Gasteiger partial charge in [-0.25, -0.2) is 4.68 Å². The number of amides is 1. The van der Waals surface area contributed by atoms with E-state index in [1.54, 1.807) is 10.9 Å². The van der Waals surface area contributed by atoms with E-state index < -0.39 is 0 Å². The standard InChI is InChI=1S/C22H17ClN4O/c23-18-13-11-17(12-14-18)21(16-7-3-1-4-8-16)24-22(28)20-15-27(26-25-20)19-9-5-2-6-10-19/h1-15,21H,(H,24,28). The number of carbonyl (C=O) groups excluding carboxylic acids is 1. The highest BCUT2D eigenvalue weighted by atomic mass is 35.5. The predicted octanol–water partition coefficient (Wildman–Crippen LogP) is 4.44. The fraction of sp³-hybridized carbons (Fsp3) is 0.0455. The van der Waals surface area contributed by atoms with Gasteiger partial charge in [-0.1, -0.05) is 77.5 Å². The normalized spacial score (nSPS) is 11.8. The van der Waals surface area contributed by atoms with Gasteiger partial charge >= 0.3 is 0 Å². The Labute approximate surface area is 167 Å². The molecule has 6 heteroatoms. The van der Waals surface area contributed by atoms with E-state index in [0.717, 1.165) is 16.8 Å². The average Bonchev–Trinajstić information content (AvgIpc) is 3.24. The molecule has 5 nitrogen and oxygen atoms in total. The first-order chi connectivity index (χ1) is 13.7. The summed E-state index contributed by atoms with van der Waals surface area (Å²) in [5, 5.41) is 11.8. The maximum atomic E-state index is 12.9. The number of para-hydroxylation sites is 1. The van der Waals surface area contributed by atoms with Crippen molar-refractivity contribution in [2.45, 2.75) is 6.04 Å². The molecule has 0 fully saturated rings. The maximum absolute atomic E-state index is 12.9. The molecule has 0 bridgehead atoms. The van der Waals surface area contributed by atoms with Crippen molar-refractivity contribution >= 4 is 17.5 Å². The summed E-state index contributed by atoms with van der Waals surface area (Å²) in [6.45, 7) is 0. The molecule has 4 aromatic rings. The molecule has 1 atom stereocenters. The third kappa shape index (κ3) is 3.94. The highest BCUT2D eigenvalue weighted by molar-refractivity contribution is 6.30. The van der Waals surface area contributed by atoms with E-state index in [-0.39, 0.29) is 17.6 Å². The highest BCUT2D eigenvalue weighted by Crippen LogP contribution is 2.24. The van der Waals surface area contributed by atoms with Gasteiger partial charge in [0.2, 0.25) is 0 Å². The second kappa shape index (κ2) is 8.06. The molecule has 28 heavy (non-hydrogen) atoms. The third-order valence-electron chi connectivity index (χ3n) is 4.36. The molecule has 0 radical (unpaired) electrons. The number of benzene rings is 3. The van der Waals surface area contributed by atoms with E-state index >= 15 is 0 Å². The Morgan fingerprint density at radius 2 is 1.46 bits per heavy atom. The Balaban J connectivity index is 1.61. The van der Waals surface area contributed by atoms with Gasteiger partial charge in [0, 0.05) is 5.02 Å². The van der Waals surface area contributed by atoms with Crippen LogP contribution in [-0.4, -0.2) is 20.9 Å². The first-order valence-electron chi connectivity index (χ1n) is 8.80. The van der Waals surface area contributed by atoms with Crippen molar-refractivity contribution in [2.75, 3.05) is 0 Å². The lowest BCUT2D eigenvalue weighted by molar-refractivity contribution is 0.0938. The Bertz CT molecular complexity index is 1060. The summed E-state index contributed by atoms with van der Waals surface area (Å²) in [6, 6.07) is 26.4. The molecule has 0 aliphatic rings. The van der Waals surface area contributed by atoms with Crippen molar-refractivity contribution in [3.63, 3.8) is 0 Å². The molecule has 0 aliphatic carbocycles. The molecule has 0 saturated heterocycles. The van der Waals surface area contributed by atoms with Gasteiger partial charge in [0.1, 0.15) is 0 Å². The van der Waals surface area contributed by atoms with Crippen molar-refractivity contribution in [3.05, 3.63) is 113 Å². The molecular weight excluding hydrogens is 372 g/mol. The van der Waals surface area contributed by atoms with Crippen LogP contribution in [-0.2, 0) is 0 Å². The Kier molecular flexibility index (Phi) is 5.17. The van der Waals surface area contributed by atoms with E-state index in [1.807, 2.05) is 84.9 Å². The van der Waals surface area contributed by atoms with Gasteiger partial charge < -0.3 is 5.32 Å². The maximum Gasteiger partial charge on any atom is 0.274 e. The monoisotopic (exact) mass is 388 g/mol. The molecule has 0 aliphatic heterocycles. The number of halogens is 1. The molecule has 1 heterocycles. The predicted molar refractivity (Wildman–Crippen MR) is 109 cm³/mol. The van der Waals surface area contributed by atoms with Crippen LogP contribution >= 0.6 is 11.6 Å². The smallest absolute Gasteiger partial charge is 0.274 e. The lowest BCUT2D eigenvalue weighted by Crippen LogP contribution is -2.29. The van der Waals surface area contributed by atoms with Gasteiger partial charge in [0.15, 0.2) is 5.69 Å². The van der Waals surface area contributed by atoms with Crippen molar-refractivity contribution in [2.24, 2.45) is 0 Å². The lowest BCUT2D eigenvalue weighted by atomic mass is 9.98. The summed E-state index contributed by atoms with van der Waals surface area (Å²) in [5.41, 5.74) is 2.98. The summed E-state index contributed by atoms with van der Waals surface area (Å²) in [4.78, 5) is 12.9. The van der Waals surface area contributed by atoms with Crippen molar-refractivity contribution < 1.29 is 4.79 Å². The number of nitrogens with one attached hydrogen (secondary N) is 1. The van der Waals surface area contributed by atoms with Gasteiger partial charge in [-0.15, -0.1) is 5.10 Å². The molecule has 0 saturated carbocycles. The minimum Gasteiger partial charge on any atom is -0.340 e. The summed E-state index contributed by atoms with van der Waals surface area (Å²) in [7, 11) is 0. The topological polar surface area (TPSA) is 59.8 Å². The van der Waals surface area contributed by atoms with Crippen LogP contribution in [0.3, 0.4) is 0 Å². The fourth-order valence-electron chi connectivity index (χ4n) is 2.94.